The summed E-state index contributed by atoms with van der Waals surface area (Å²) in [6.07, 6.45) is 4.44. The molecule has 1 aromatic carbocycles. The van der Waals surface area contributed by atoms with Gasteiger partial charge in [0.05, 0.1) is 12.2 Å². The van der Waals surface area contributed by atoms with Crippen molar-refractivity contribution in [3.63, 3.8) is 0 Å². The van der Waals surface area contributed by atoms with Crippen molar-refractivity contribution in [1.82, 2.24) is 15.3 Å². The molecule has 0 saturated carbocycles. The minimum absolute atomic E-state index is 0.222. The van der Waals surface area contributed by atoms with Crippen molar-refractivity contribution < 1.29 is 14.3 Å². The molecular weight excluding hydrogens is 350 g/mol. The molecule has 1 atom stereocenters. The molecule has 1 aliphatic heterocycles. The molecule has 1 N–H and O–H groups in total. The summed E-state index contributed by atoms with van der Waals surface area (Å²) in [6.45, 7) is 2.95. The summed E-state index contributed by atoms with van der Waals surface area (Å²) in [4.78, 5) is 20.0. The second-order valence-corrected chi connectivity index (χ2v) is 5.66. The second kappa shape index (κ2) is 6.31. The molecule has 2 aromatic rings. The molecule has 1 aliphatic rings. The fraction of sp³-hybridized carbons (Fsp3) is 0.267. The quantitative estimate of drug-likeness (QED) is 0.906. The van der Waals surface area contributed by atoms with Gasteiger partial charge in [-0.2, -0.15) is 0 Å². The fourth-order valence-electron chi connectivity index (χ4n) is 2.18. The number of benzene rings is 1. The number of carbonyl (C=O) groups excluding carboxylic acids is 1. The minimum Gasteiger partial charge on any atom is -0.486 e. The van der Waals surface area contributed by atoms with E-state index in [0.29, 0.717) is 24.7 Å². The van der Waals surface area contributed by atoms with E-state index in [1.807, 2.05) is 19.1 Å². The van der Waals surface area contributed by atoms with Gasteiger partial charge >= 0.3 is 0 Å². The Morgan fingerprint density at radius 1 is 1.27 bits per heavy atom. The number of amides is 1. The fourth-order valence-corrected chi connectivity index (χ4v) is 2.84. The highest BCUT2D eigenvalue weighted by Gasteiger charge is 2.20. The number of nitrogens with one attached hydrogen (secondary N) is 1. The second-order valence-electron chi connectivity index (χ2n) is 4.80. The number of aromatic nitrogens is 2. The molecule has 6 nitrogen and oxygen atoms in total. The minimum atomic E-state index is -0.276. The smallest absolute Gasteiger partial charge is 0.271 e. The number of fused-ring (bicyclic) bond motifs is 1. The summed E-state index contributed by atoms with van der Waals surface area (Å²) in [5.41, 5.74) is 1.18. The van der Waals surface area contributed by atoms with Gasteiger partial charge in [-0.1, -0.05) is 15.9 Å². The Bertz CT molecular complexity index is 694. The van der Waals surface area contributed by atoms with Crippen LogP contribution >= 0.6 is 15.9 Å². The van der Waals surface area contributed by atoms with Gasteiger partial charge in [-0.25, -0.2) is 4.98 Å². The van der Waals surface area contributed by atoms with E-state index in [0.717, 1.165) is 10.0 Å². The van der Waals surface area contributed by atoms with E-state index in [4.69, 9.17) is 9.47 Å². The van der Waals surface area contributed by atoms with Crippen molar-refractivity contribution in [3.8, 4) is 11.5 Å². The number of rotatable bonds is 3. The predicted molar refractivity (Wildman–Crippen MR) is 83.0 cm³/mol. The zero-order chi connectivity index (χ0) is 15.5. The average molecular weight is 364 g/mol. The third-order valence-electron chi connectivity index (χ3n) is 3.27. The summed E-state index contributed by atoms with van der Waals surface area (Å²) >= 11 is 3.51. The van der Waals surface area contributed by atoms with Crippen LogP contribution in [0.4, 0.5) is 0 Å². The SMILES string of the molecule is C[C@H](NC(=O)c1cnccn1)c1cc2c(cc1Br)OCCO2. The van der Waals surface area contributed by atoms with Crippen molar-refractivity contribution in [2.45, 2.75) is 13.0 Å². The molecule has 1 aromatic heterocycles. The molecule has 22 heavy (non-hydrogen) atoms. The first-order valence-electron chi connectivity index (χ1n) is 6.81. The Morgan fingerprint density at radius 3 is 2.68 bits per heavy atom. The van der Waals surface area contributed by atoms with Crippen LogP contribution in [0.5, 0.6) is 11.5 Å². The largest absolute Gasteiger partial charge is 0.486 e. The highest BCUT2D eigenvalue weighted by Crippen LogP contribution is 2.37. The van der Waals surface area contributed by atoms with E-state index < -0.39 is 0 Å². The molecule has 0 fully saturated rings. The maximum absolute atomic E-state index is 12.1. The van der Waals surface area contributed by atoms with Crippen LogP contribution in [0.3, 0.4) is 0 Å². The van der Waals surface area contributed by atoms with Gasteiger partial charge in [0.15, 0.2) is 11.5 Å². The summed E-state index contributed by atoms with van der Waals surface area (Å²) < 4.78 is 12.0. The summed E-state index contributed by atoms with van der Waals surface area (Å²) in [5, 5.41) is 2.89. The first-order chi connectivity index (χ1) is 10.6. The van der Waals surface area contributed by atoms with Gasteiger partial charge < -0.3 is 14.8 Å². The lowest BCUT2D eigenvalue weighted by Crippen LogP contribution is -2.28. The van der Waals surface area contributed by atoms with E-state index in [9.17, 15) is 4.79 Å². The molecule has 0 spiro atoms. The molecule has 0 bridgehead atoms. The van der Waals surface area contributed by atoms with Crippen LogP contribution in [0.1, 0.15) is 29.0 Å². The zero-order valence-corrected chi connectivity index (χ0v) is 13.5. The van der Waals surface area contributed by atoms with Gasteiger partial charge in [0.1, 0.15) is 18.9 Å². The van der Waals surface area contributed by atoms with Crippen LogP contribution in [-0.4, -0.2) is 29.1 Å². The molecule has 0 unspecified atom stereocenters. The average Bonchev–Trinajstić information content (AvgIpc) is 2.54. The lowest BCUT2D eigenvalue weighted by atomic mass is 10.1. The molecule has 114 valence electrons. The lowest BCUT2D eigenvalue weighted by Gasteiger charge is -2.22. The third kappa shape index (κ3) is 3.04. The van der Waals surface area contributed by atoms with Gasteiger partial charge in [0, 0.05) is 16.9 Å². The standard InChI is InChI=1S/C15H14BrN3O3/c1-9(19-15(20)12-8-17-2-3-18-12)10-6-13-14(7-11(10)16)22-5-4-21-13/h2-3,6-9H,4-5H2,1H3,(H,19,20)/t9-/m0/s1. The van der Waals surface area contributed by atoms with Crippen LogP contribution in [0.25, 0.3) is 0 Å². The topological polar surface area (TPSA) is 73.3 Å². The van der Waals surface area contributed by atoms with Gasteiger partial charge in [-0.3, -0.25) is 9.78 Å². The van der Waals surface area contributed by atoms with Crippen LogP contribution in [0.15, 0.2) is 35.2 Å². The van der Waals surface area contributed by atoms with E-state index in [1.165, 1.54) is 18.6 Å². The third-order valence-corrected chi connectivity index (χ3v) is 3.96. The van der Waals surface area contributed by atoms with Crippen molar-refractivity contribution >= 4 is 21.8 Å². The van der Waals surface area contributed by atoms with Crippen molar-refractivity contribution in [2.75, 3.05) is 13.2 Å². The Balaban J connectivity index is 1.80. The number of nitrogens with zero attached hydrogens (tertiary/aromatic N) is 2. The van der Waals surface area contributed by atoms with Crippen molar-refractivity contribution in [1.29, 1.82) is 0 Å². The van der Waals surface area contributed by atoms with Crippen LogP contribution < -0.4 is 14.8 Å². The Hall–Kier alpha value is -2.15. The summed E-state index contributed by atoms with van der Waals surface area (Å²) in [5.74, 6) is 1.11. The first kappa shape index (κ1) is 14.8. The van der Waals surface area contributed by atoms with Gasteiger partial charge in [0.2, 0.25) is 0 Å². The molecule has 3 rings (SSSR count). The van der Waals surface area contributed by atoms with Gasteiger partial charge in [-0.15, -0.1) is 0 Å². The molecule has 0 saturated heterocycles. The summed E-state index contributed by atoms with van der Waals surface area (Å²) in [7, 11) is 0. The molecule has 0 radical (unpaired) electrons. The number of ether oxygens (including phenoxy) is 2. The Morgan fingerprint density at radius 2 is 2.00 bits per heavy atom. The van der Waals surface area contributed by atoms with Gasteiger partial charge in [0.25, 0.3) is 5.91 Å². The van der Waals surface area contributed by atoms with E-state index in [-0.39, 0.29) is 17.6 Å². The lowest BCUT2D eigenvalue weighted by molar-refractivity contribution is 0.0934. The first-order valence-corrected chi connectivity index (χ1v) is 7.60. The molecule has 1 amide bonds. The summed E-state index contributed by atoms with van der Waals surface area (Å²) in [6, 6.07) is 3.51. The predicted octanol–water partition coefficient (Wildman–Crippen LogP) is 2.50. The molecular formula is C15H14BrN3O3. The Kier molecular flexibility index (Phi) is 4.24. The number of halogens is 1. The van der Waals surface area contributed by atoms with E-state index in [2.05, 4.69) is 31.2 Å². The highest BCUT2D eigenvalue weighted by molar-refractivity contribution is 9.10. The number of hydrogen-bond donors (Lipinski definition) is 1. The van der Waals surface area contributed by atoms with Crippen LogP contribution in [-0.2, 0) is 0 Å². The number of hydrogen-bond acceptors (Lipinski definition) is 5. The van der Waals surface area contributed by atoms with Crippen LogP contribution in [0.2, 0.25) is 0 Å². The molecule has 0 aliphatic carbocycles. The van der Waals surface area contributed by atoms with Crippen LogP contribution in [0, 0.1) is 0 Å². The highest BCUT2D eigenvalue weighted by atomic mass is 79.9. The normalized spacial score (nSPS) is 14.3. The molecule has 2 heterocycles. The maximum Gasteiger partial charge on any atom is 0.271 e. The van der Waals surface area contributed by atoms with E-state index >= 15 is 0 Å². The monoisotopic (exact) mass is 363 g/mol. The zero-order valence-electron chi connectivity index (χ0n) is 11.9. The molecule has 7 heteroatoms. The van der Waals surface area contributed by atoms with Crippen molar-refractivity contribution in [2.24, 2.45) is 0 Å². The Labute approximate surface area is 136 Å². The van der Waals surface area contributed by atoms with E-state index in [1.54, 1.807) is 0 Å². The van der Waals surface area contributed by atoms with Gasteiger partial charge in [-0.05, 0) is 24.6 Å². The van der Waals surface area contributed by atoms with Crippen molar-refractivity contribution in [3.05, 3.63) is 46.5 Å². The number of carbonyl (C=O) groups is 1. The maximum atomic E-state index is 12.1.